The normalized spacial score (nSPS) is 11.2. The topological polar surface area (TPSA) is 75.7 Å². The zero-order valence-electron chi connectivity index (χ0n) is 19.1. The predicted octanol–water partition coefficient (Wildman–Crippen LogP) is 5.12. The molecule has 35 heavy (non-hydrogen) atoms. The lowest BCUT2D eigenvalue weighted by Gasteiger charge is -2.24. The van der Waals surface area contributed by atoms with Crippen LogP contribution in [-0.2, 0) is 20.6 Å². The van der Waals surface area contributed by atoms with E-state index >= 15 is 0 Å². The minimum Gasteiger partial charge on any atom is -0.497 e. The molecular formula is C25H26ClFN2O4S2. The number of sulfonamides is 1. The molecule has 1 amide bonds. The number of ether oxygens (including phenoxy) is 1. The summed E-state index contributed by atoms with van der Waals surface area (Å²) < 4.78 is 47.0. The minimum atomic E-state index is -4.21. The molecule has 3 rings (SSSR count). The van der Waals surface area contributed by atoms with Crippen molar-refractivity contribution in [3.05, 3.63) is 89.2 Å². The summed E-state index contributed by atoms with van der Waals surface area (Å²) in [7, 11) is -2.74. The number of nitrogens with one attached hydrogen (secondary N) is 1. The van der Waals surface area contributed by atoms with Gasteiger partial charge in [0.2, 0.25) is 5.91 Å². The van der Waals surface area contributed by atoms with Crippen LogP contribution in [0, 0.1) is 5.82 Å². The van der Waals surface area contributed by atoms with Gasteiger partial charge in [-0.1, -0.05) is 35.9 Å². The van der Waals surface area contributed by atoms with Gasteiger partial charge in [0.05, 0.1) is 17.7 Å². The third kappa shape index (κ3) is 7.62. The average molecular weight is 537 g/mol. The number of hydrogen-bond donors (Lipinski definition) is 1. The number of anilines is 1. The van der Waals surface area contributed by atoms with Crippen LogP contribution in [0.2, 0.25) is 5.02 Å². The summed E-state index contributed by atoms with van der Waals surface area (Å²) in [6, 6.07) is 18.8. The van der Waals surface area contributed by atoms with E-state index in [1.54, 1.807) is 11.8 Å². The Labute approximate surface area is 214 Å². The molecule has 0 aromatic heterocycles. The molecular weight excluding hydrogens is 511 g/mol. The predicted molar refractivity (Wildman–Crippen MR) is 139 cm³/mol. The molecule has 6 nitrogen and oxygen atoms in total. The SMILES string of the molecule is COc1ccc(S(=O)(=O)N(CC(=O)NCCCSCc2ccc(Cl)cc2)c2ccccc2F)cc1. The highest BCUT2D eigenvalue weighted by atomic mass is 35.5. The Hall–Kier alpha value is -2.75. The van der Waals surface area contributed by atoms with Crippen LogP contribution in [0.25, 0.3) is 0 Å². The highest BCUT2D eigenvalue weighted by Crippen LogP contribution is 2.27. The first-order valence-electron chi connectivity index (χ1n) is 10.8. The number of halogens is 2. The van der Waals surface area contributed by atoms with Gasteiger partial charge in [0.15, 0.2) is 0 Å². The molecule has 0 bridgehead atoms. The second-order valence-corrected chi connectivity index (χ2v) is 10.9. The number of hydrogen-bond acceptors (Lipinski definition) is 5. The van der Waals surface area contributed by atoms with Crippen molar-refractivity contribution in [3.63, 3.8) is 0 Å². The Morgan fingerprint density at radius 2 is 1.74 bits per heavy atom. The van der Waals surface area contributed by atoms with Crippen LogP contribution in [0.1, 0.15) is 12.0 Å². The second kappa shape index (κ2) is 12.8. The number of thioether (sulfide) groups is 1. The lowest BCUT2D eigenvalue weighted by atomic mass is 10.2. The monoisotopic (exact) mass is 536 g/mol. The Morgan fingerprint density at radius 1 is 1.06 bits per heavy atom. The van der Waals surface area contributed by atoms with Crippen LogP contribution < -0.4 is 14.4 Å². The fraction of sp³-hybridized carbons (Fsp3) is 0.240. The third-order valence-corrected chi connectivity index (χ3v) is 8.17. The van der Waals surface area contributed by atoms with E-state index in [1.807, 2.05) is 24.3 Å². The number of nitrogens with zero attached hydrogens (tertiary/aromatic N) is 1. The number of benzene rings is 3. The lowest BCUT2D eigenvalue weighted by molar-refractivity contribution is -0.119. The molecule has 0 unspecified atom stereocenters. The number of rotatable bonds is 12. The third-order valence-electron chi connectivity index (χ3n) is 5.03. The summed E-state index contributed by atoms with van der Waals surface area (Å²) in [6.07, 6.45) is 0.703. The summed E-state index contributed by atoms with van der Waals surface area (Å²) in [6.45, 7) is -0.173. The van der Waals surface area contributed by atoms with Gasteiger partial charge in [0.1, 0.15) is 18.1 Å². The first kappa shape index (κ1) is 26.8. The Morgan fingerprint density at radius 3 is 2.40 bits per heavy atom. The van der Waals surface area contributed by atoms with Crippen molar-refractivity contribution >= 4 is 45.0 Å². The highest BCUT2D eigenvalue weighted by molar-refractivity contribution is 7.98. The van der Waals surface area contributed by atoms with Crippen molar-refractivity contribution in [1.82, 2.24) is 5.32 Å². The van der Waals surface area contributed by atoms with Gasteiger partial charge in [-0.3, -0.25) is 9.10 Å². The van der Waals surface area contributed by atoms with Crippen molar-refractivity contribution in [3.8, 4) is 5.75 Å². The van der Waals surface area contributed by atoms with Crippen molar-refractivity contribution in [2.45, 2.75) is 17.1 Å². The van der Waals surface area contributed by atoms with Crippen LogP contribution in [0.3, 0.4) is 0 Å². The minimum absolute atomic E-state index is 0.0760. The quantitative estimate of drug-likeness (QED) is 0.325. The van der Waals surface area contributed by atoms with Gasteiger partial charge in [-0.25, -0.2) is 12.8 Å². The summed E-state index contributed by atoms with van der Waals surface area (Å²) >= 11 is 7.61. The van der Waals surface area contributed by atoms with Gasteiger partial charge in [-0.05, 0) is 66.3 Å². The molecule has 3 aromatic carbocycles. The van der Waals surface area contributed by atoms with Gasteiger partial charge in [-0.15, -0.1) is 0 Å². The molecule has 10 heteroatoms. The van der Waals surface area contributed by atoms with E-state index in [1.165, 1.54) is 49.6 Å². The van der Waals surface area contributed by atoms with E-state index in [0.29, 0.717) is 23.7 Å². The maximum absolute atomic E-state index is 14.5. The van der Waals surface area contributed by atoms with E-state index in [0.717, 1.165) is 27.4 Å². The molecule has 0 heterocycles. The molecule has 0 aliphatic heterocycles. The van der Waals surface area contributed by atoms with Crippen LogP contribution >= 0.6 is 23.4 Å². The highest BCUT2D eigenvalue weighted by Gasteiger charge is 2.29. The van der Waals surface area contributed by atoms with E-state index in [-0.39, 0.29) is 10.6 Å². The molecule has 3 aromatic rings. The number of methoxy groups -OCH3 is 1. The number of para-hydroxylation sites is 1. The van der Waals surface area contributed by atoms with Gasteiger partial charge >= 0.3 is 0 Å². The summed E-state index contributed by atoms with van der Waals surface area (Å²) in [4.78, 5) is 12.5. The lowest BCUT2D eigenvalue weighted by Crippen LogP contribution is -2.41. The van der Waals surface area contributed by atoms with Gasteiger partial charge < -0.3 is 10.1 Å². The molecule has 186 valence electrons. The average Bonchev–Trinajstić information content (AvgIpc) is 2.86. The van der Waals surface area contributed by atoms with E-state index in [9.17, 15) is 17.6 Å². The first-order chi connectivity index (χ1) is 16.8. The van der Waals surface area contributed by atoms with Crippen molar-refractivity contribution in [2.75, 3.05) is 30.3 Å². The van der Waals surface area contributed by atoms with Crippen molar-refractivity contribution < 1.29 is 22.3 Å². The van der Waals surface area contributed by atoms with Crippen LogP contribution in [0.15, 0.2) is 77.7 Å². The first-order valence-corrected chi connectivity index (χ1v) is 13.8. The zero-order valence-corrected chi connectivity index (χ0v) is 21.5. The van der Waals surface area contributed by atoms with Gasteiger partial charge in [0, 0.05) is 17.3 Å². The van der Waals surface area contributed by atoms with Crippen LogP contribution in [0.4, 0.5) is 10.1 Å². The van der Waals surface area contributed by atoms with Crippen molar-refractivity contribution in [1.29, 1.82) is 0 Å². The fourth-order valence-electron chi connectivity index (χ4n) is 3.19. The molecule has 0 spiro atoms. The number of carbonyl (C=O) groups excluding carboxylic acids is 1. The molecule has 0 fully saturated rings. The fourth-order valence-corrected chi connectivity index (χ4v) is 5.66. The van der Waals surface area contributed by atoms with Crippen LogP contribution in [-0.4, -0.2) is 40.3 Å². The maximum Gasteiger partial charge on any atom is 0.264 e. The van der Waals surface area contributed by atoms with Gasteiger partial charge in [-0.2, -0.15) is 11.8 Å². The zero-order chi connectivity index (χ0) is 25.3. The molecule has 0 aliphatic carbocycles. The number of carbonyl (C=O) groups is 1. The van der Waals surface area contributed by atoms with Crippen LogP contribution in [0.5, 0.6) is 5.75 Å². The molecule has 0 atom stereocenters. The second-order valence-electron chi connectivity index (χ2n) is 7.52. The Kier molecular flexibility index (Phi) is 9.83. The molecule has 0 saturated heterocycles. The van der Waals surface area contributed by atoms with E-state index < -0.39 is 28.3 Å². The van der Waals surface area contributed by atoms with E-state index in [2.05, 4.69) is 5.32 Å². The Balaban J connectivity index is 1.60. The molecule has 1 N–H and O–H groups in total. The smallest absolute Gasteiger partial charge is 0.264 e. The van der Waals surface area contributed by atoms with E-state index in [4.69, 9.17) is 16.3 Å². The summed E-state index contributed by atoms with van der Waals surface area (Å²) in [5.74, 6) is 0.855. The molecule has 0 radical (unpaired) electrons. The van der Waals surface area contributed by atoms with Crippen molar-refractivity contribution in [2.24, 2.45) is 0 Å². The largest absolute Gasteiger partial charge is 0.497 e. The summed E-state index contributed by atoms with van der Waals surface area (Å²) in [5.41, 5.74) is 0.963. The molecule has 0 saturated carbocycles. The standard InChI is InChI=1S/C25H26ClFN2O4S2/c1-33-21-11-13-22(14-12-21)35(31,32)29(24-6-3-2-5-23(24)27)17-25(30)28-15-4-16-34-18-19-7-9-20(26)10-8-19/h2-3,5-14H,4,15-18H2,1H3,(H,28,30). The summed E-state index contributed by atoms with van der Waals surface area (Å²) in [5, 5.41) is 3.43. The van der Waals surface area contributed by atoms with Gasteiger partial charge in [0.25, 0.3) is 10.0 Å². The Bertz CT molecular complexity index is 1220. The maximum atomic E-state index is 14.5. The number of amides is 1. The molecule has 0 aliphatic rings.